The van der Waals surface area contributed by atoms with Gasteiger partial charge in [0.05, 0.1) is 10.2 Å². The average molecular weight is 213 g/mol. The van der Waals surface area contributed by atoms with Gasteiger partial charge in [-0.25, -0.2) is 0 Å². The highest BCUT2D eigenvalue weighted by atomic mass is 28.1. The zero-order chi connectivity index (χ0) is 11.7. The van der Waals surface area contributed by atoms with E-state index in [0.29, 0.717) is 0 Å². The van der Waals surface area contributed by atoms with Gasteiger partial charge in [-0.1, -0.05) is 41.5 Å². The maximum Gasteiger partial charge on any atom is 0.0590 e. The van der Waals surface area contributed by atoms with Crippen molar-refractivity contribution in [3.05, 3.63) is 10.9 Å². The van der Waals surface area contributed by atoms with Crippen LogP contribution >= 0.6 is 0 Å². The number of nitrogens with zero attached hydrogens (tertiary/aromatic N) is 1. The lowest BCUT2D eigenvalue weighted by Crippen LogP contribution is -2.28. The van der Waals surface area contributed by atoms with Crippen molar-refractivity contribution in [3.8, 4) is 0 Å². The van der Waals surface area contributed by atoms with Crippen molar-refractivity contribution < 1.29 is 0 Å². The highest BCUT2D eigenvalue weighted by Gasteiger charge is 2.30. The van der Waals surface area contributed by atoms with E-state index in [1.807, 2.05) is 0 Å². The van der Waals surface area contributed by atoms with Gasteiger partial charge in [0.2, 0.25) is 0 Å². The van der Waals surface area contributed by atoms with E-state index in [4.69, 9.17) is 0 Å². The number of rotatable bonds is 1. The van der Waals surface area contributed by atoms with Gasteiger partial charge in [-0.2, -0.15) is 0 Å². The summed E-state index contributed by atoms with van der Waals surface area (Å²) in [5, 5.41) is 1.53. The van der Waals surface area contributed by atoms with Gasteiger partial charge in [0.1, 0.15) is 0 Å². The van der Waals surface area contributed by atoms with Crippen LogP contribution in [-0.4, -0.2) is 29.2 Å². The zero-order valence-corrected chi connectivity index (χ0v) is 13.4. The van der Waals surface area contributed by atoms with Gasteiger partial charge in [0.15, 0.2) is 0 Å². The molecule has 0 amide bonds. The third-order valence-electron chi connectivity index (χ3n) is 2.53. The summed E-state index contributed by atoms with van der Waals surface area (Å²) in [6.45, 7) is 13.9. The van der Waals surface area contributed by atoms with Crippen LogP contribution < -0.4 is 0 Å². The molecule has 0 spiro atoms. The Morgan fingerprint density at radius 2 is 1.14 bits per heavy atom. The van der Waals surface area contributed by atoms with Crippen molar-refractivity contribution in [2.45, 2.75) is 41.5 Å². The second-order valence-corrected chi connectivity index (χ2v) is 7.30. The first kappa shape index (κ1) is 13.8. The van der Waals surface area contributed by atoms with Crippen LogP contribution in [-0.2, 0) is 0 Å². The summed E-state index contributed by atoms with van der Waals surface area (Å²) in [4.78, 5) is 2.28. The van der Waals surface area contributed by atoms with Gasteiger partial charge >= 0.3 is 0 Å². The Labute approximate surface area is 93.0 Å². The molecule has 0 saturated carbocycles. The van der Waals surface area contributed by atoms with Crippen LogP contribution in [0.15, 0.2) is 10.9 Å². The molecule has 14 heavy (non-hydrogen) atoms. The molecule has 0 aliphatic rings. The molecule has 1 nitrogen and oxygen atoms in total. The molecule has 0 atom stereocenters. The van der Waals surface area contributed by atoms with Gasteiger partial charge in [-0.05, 0) is 21.7 Å². The van der Waals surface area contributed by atoms with Crippen LogP contribution in [0.3, 0.4) is 0 Å². The second-order valence-electron chi connectivity index (χ2n) is 6.35. The molecular weight excluding hydrogens is 186 g/mol. The van der Waals surface area contributed by atoms with Crippen LogP contribution in [0.25, 0.3) is 0 Å². The van der Waals surface area contributed by atoms with E-state index in [1.54, 1.807) is 5.57 Å². The maximum absolute atomic E-state index is 2.31. The fraction of sp³-hybridized carbons (Fsp3) is 0.833. The van der Waals surface area contributed by atoms with Gasteiger partial charge < -0.3 is 4.90 Å². The first-order valence-corrected chi connectivity index (χ1v) is 6.37. The van der Waals surface area contributed by atoms with E-state index in [1.165, 1.54) is 5.32 Å². The highest BCUT2D eigenvalue weighted by molar-refractivity contribution is 6.21. The Kier molecular flexibility index (Phi) is 4.02. The molecule has 0 N–H and O–H groups in total. The number of allylic oxidation sites excluding steroid dienone is 1. The molecule has 0 heterocycles. The van der Waals surface area contributed by atoms with E-state index in [0.717, 1.165) is 10.2 Å². The first-order valence-electron chi connectivity index (χ1n) is 5.37. The molecule has 0 aromatic rings. The Hall–Kier alpha value is -0.243. The lowest BCUT2D eigenvalue weighted by atomic mass is 9.72. The van der Waals surface area contributed by atoms with Crippen LogP contribution in [0.1, 0.15) is 41.5 Å². The van der Waals surface area contributed by atoms with Crippen LogP contribution in [0.5, 0.6) is 0 Å². The fourth-order valence-corrected chi connectivity index (χ4v) is 3.93. The number of hydrogen-bond acceptors (Lipinski definition) is 1. The van der Waals surface area contributed by atoms with Gasteiger partial charge in [0.25, 0.3) is 0 Å². The van der Waals surface area contributed by atoms with Crippen LogP contribution in [0.4, 0.5) is 0 Å². The third kappa shape index (κ3) is 3.49. The minimum absolute atomic E-state index is 0.277. The smallest absolute Gasteiger partial charge is 0.0590 e. The molecule has 0 bridgehead atoms. The summed E-state index contributed by atoms with van der Waals surface area (Å²) in [6, 6.07) is 0. The SMILES string of the molecule is CN(C)C([SiH3])=C(C(C)(C)C)C(C)(C)C. The average Bonchev–Trinajstić information content (AvgIpc) is 1.79. The van der Waals surface area contributed by atoms with E-state index < -0.39 is 0 Å². The minimum Gasteiger partial charge on any atom is -0.385 e. The largest absolute Gasteiger partial charge is 0.385 e. The quantitative estimate of drug-likeness (QED) is 0.604. The van der Waals surface area contributed by atoms with Crippen molar-refractivity contribution in [2.75, 3.05) is 14.1 Å². The standard InChI is InChI=1S/C12H27NSi/c1-11(2,3)9(12(4,5)6)10(14)13(7)8/h1-8,14H3. The summed E-state index contributed by atoms with van der Waals surface area (Å²) < 4.78 is 0. The summed E-state index contributed by atoms with van der Waals surface area (Å²) >= 11 is 0. The predicted molar refractivity (Wildman–Crippen MR) is 69.6 cm³/mol. The first-order chi connectivity index (χ1) is 5.98. The van der Waals surface area contributed by atoms with Crippen LogP contribution in [0, 0.1) is 10.8 Å². The van der Waals surface area contributed by atoms with E-state index in [2.05, 4.69) is 60.5 Å². The second kappa shape index (κ2) is 4.09. The molecule has 0 aliphatic heterocycles. The molecule has 0 saturated heterocycles. The number of hydrogen-bond donors (Lipinski definition) is 0. The van der Waals surface area contributed by atoms with E-state index in [9.17, 15) is 0 Å². The van der Waals surface area contributed by atoms with E-state index >= 15 is 0 Å². The Bertz CT molecular complexity index is 210. The molecule has 0 unspecified atom stereocenters. The normalized spacial score (nSPS) is 12.9. The Morgan fingerprint density at radius 3 is 1.21 bits per heavy atom. The van der Waals surface area contributed by atoms with Crippen molar-refractivity contribution in [2.24, 2.45) is 10.8 Å². The fourth-order valence-electron chi connectivity index (χ4n) is 2.43. The predicted octanol–water partition coefficient (Wildman–Crippen LogP) is 2.22. The molecule has 0 aromatic carbocycles. The van der Waals surface area contributed by atoms with Gasteiger partial charge in [-0.3, -0.25) is 0 Å². The zero-order valence-electron chi connectivity index (χ0n) is 11.4. The lowest BCUT2D eigenvalue weighted by Gasteiger charge is -2.38. The monoisotopic (exact) mass is 213 g/mol. The van der Waals surface area contributed by atoms with Gasteiger partial charge in [-0.15, -0.1) is 0 Å². The van der Waals surface area contributed by atoms with Crippen molar-refractivity contribution >= 4 is 10.2 Å². The molecule has 0 aliphatic carbocycles. The van der Waals surface area contributed by atoms with Crippen molar-refractivity contribution in [1.29, 1.82) is 0 Å². The summed E-state index contributed by atoms with van der Waals surface area (Å²) in [5.41, 5.74) is 2.15. The molecule has 0 aromatic heterocycles. The van der Waals surface area contributed by atoms with Gasteiger partial charge in [0, 0.05) is 14.1 Å². The topological polar surface area (TPSA) is 3.24 Å². The van der Waals surface area contributed by atoms with E-state index in [-0.39, 0.29) is 10.8 Å². The Morgan fingerprint density at radius 1 is 0.857 bits per heavy atom. The van der Waals surface area contributed by atoms with Crippen molar-refractivity contribution in [1.82, 2.24) is 4.90 Å². The summed E-state index contributed by atoms with van der Waals surface area (Å²) in [5.74, 6) is 0. The minimum atomic E-state index is 0.277. The summed E-state index contributed by atoms with van der Waals surface area (Å²) in [7, 11) is 5.43. The molecule has 0 radical (unpaired) electrons. The molecule has 84 valence electrons. The van der Waals surface area contributed by atoms with Crippen LogP contribution in [0.2, 0.25) is 0 Å². The molecule has 0 rings (SSSR count). The highest BCUT2D eigenvalue weighted by Crippen LogP contribution is 2.40. The molecule has 2 heteroatoms. The van der Waals surface area contributed by atoms with Crippen molar-refractivity contribution in [3.63, 3.8) is 0 Å². The molecule has 0 fully saturated rings. The summed E-state index contributed by atoms with van der Waals surface area (Å²) in [6.07, 6.45) is 0. The third-order valence-corrected chi connectivity index (χ3v) is 3.93. The molecular formula is C12H27NSi. The lowest BCUT2D eigenvalue weighted by molar-refractivity contribution is 0.342. The Balaban J connectivity index is 5.46. The maximum atomic E-state index is 2.31.